The van der Waals surface area contributed by atoms with Gasteiger partial charge in [-0.05, 0) is 44.3 Å². The molecule has 1 aliphatic rings. The second kappa shape index (κ2) is 6.16. The number of nitrogens with one attached hydrogen (secondary N) is 2. The molecule has 0 aliphatic carbocycles. The highest BCUT2D eigenvalue weighted by Crippen LogP contribution is 2.15. The number of nitrogens with zero attached hydrogens (tertiary/aromatic N) is 3. The lowest BCUT2D eigenvalue weighted by atomic mass is 9.96. The first kappa shape index (κ1) is 11.8. The topological polar surface area (TPSA) is 73.6 Å². The summed E-state index contributed by atoms with van der Waals surface area (Å²) in [5, 5.41) is 23.2. The minimum Gasteiger partial charge on any atom is -0.367 e. The van der Waals surface area contributed by atoms with Crippen LogP contribution in [0.5, 0.6) is 0 Å². The second-order valence-corrected chi connectivity index (χ2v) is 4.33. The molecule has 0 amide bonds. The molecule has 1 aromatic heterocycles. The quantitative estimate of drug-likeness (QED) is 0.813. The Morgan fingerprint density at radius 3 is 3.29 bits per heavy atom. The molecule has 90 valence electrons. The van der Waals surface area contributed by atoms with Crippen LogP contribution in [0.1, 0.15) is 24.8 Å². The van der Waals surface area contributed by atoms with Gasteiger partial charge in [-0.15, -0.1) is 5.10 Å². The summed E-state index contributed by atoms with van der Waals surface area (Å²) in [4.78, 5) is 0. The Hall–Kier alpha value is -1.67. The van der Waals surface area contributed by atoms with Crippen LogP contribution < -0.4 is 10.6 Å². The molecule has 2 rings (SSSR count). The van der Waals surface area contributed by atoms with E-state index < -0.39 is 0 Å². The first-order chi connectivity index (χ1) is 8.40. The highest BCUT2D eigenvalue weighted by molar-refractivity contribution is 5.49. The van der Waals surface area contributed by atoms with Crippen LogP contribution in [0, 0.1) is 17.2 Å². The number of aromatic nitrogens is 2. The van der Waals surface area contributed by atoms with Crippen molar-refractivity contribution in [2.24, 2.45) is 5.92 Å². The average Bonchev–Trinajstić information content (AvgIpc) is 2.40. The third kappa shape index (κ3) is 3.40. The number of piperidine rings is 1. The highest BCUT2D eigenvalue weighted by Gasteiger charge is 2.12. The summed E-state index contributed by atoms with van der Waals surface area (Å²) in [6.07, 6.45) is 5.20. The maximum absolute atomic E-state index is 8.90. The normalized spacial score (nSPS) is 19.6. The summed E-state index contributed by atoms with van der Waals surface area (Å²) < 4.78 is 0. The molecule has 2 N–H and O–H groups in total. The van der Waals surface area contributed by atoms with Crippen molar-refractivity contribution in [1.29, 1.82) is 5.26 Å². The van der Waals surface area contributed by atoms with E-state index in [2.05, 4.69) is 26.9 Å². The summed E-state index contributed by atoms with van der Waals surface area (Å²) in [6.45, 7) is 3.10. The number of anilines is 1. The van der Waals surface area contributed by atoms with Crippen LogP contribution in [0.2, 0.25) is 0 Å². The number of rotatable bonds is 4. The molecule has 0 aromatic carbocycles. The third-order valence-corrected chi connectivity index (χ3v) is 3.09. The van der Waals surface area contributed by atoms with Crippen molar-refractivity contribution in [3.63, 3.8) is 0 Å². The van der Waals surface area contributed by atoms with Crippen molar-refractivity contribution in [3.05, 3.63) is 17.8 Å². The van der Waals surface area contributed by atoms with Crippen molar-refractivity contribution in [1.82, 2.24) is 15.5 Å². The Balaban J connectivity index is 1.79. The summed E-state index contributed by atoms with van der Waals surface area (Å²) in [7, 11) is 0. The highest BCUT2D eigenvalue weighted by atomic mass is 15.2. The molecule has 5 heteroatoms. The van der Waals surface area contributed by atoms with Gasteiger partial charge in [0.2, 0.25) is 0 Å². The van der Waals surface area contributed by atoms with E-state index in [4.69, 9.17) is 5.26 Å². The van der Waals surface area contributed by atoms with Crippen LogP contribution in [0.25, 0.3) is 0 Å². The molecule has 0 bridgehead atoms. The van der Waals surface area contributed by atoms with E-state index in [9.17, 15) is 0 Å². The molecular weight excluding hydrogens is 214 g/mol. The average molecular weight is 231 g/mol. The van der Waals surface area contributed by atoms with Crippen LogP contribution in [-0.2, 0) is 0 Å². The SMILES string of the molecule is N#Cc1ccnnc1NCCC1CCCNC1. The molecule has 1 fully saturated rings. The van der Waals surface area contributed by atoms with E-state index in [0.29, 0.717) is 11.4 Å². The van der Waals surface area contributed by atoms with Gasteiger partial charge in [-0.3, -0.25) is 0 Å². The van der Waals surface area contributed by atoms with Gasteiger partial charge >= 0.3 is 0 Å². The van der Waals surface area contributed by atoms with Crippen LogP contribution >= 0.6 is 0 Å². The molecule has 17 heavy (non-hydrogen) atoms. The van der Waals surface area contributed by atoms with Crippen LogP contribution in [-0.4, -0.2) is 29.8 Å². The molecule has 0 spiro atoms. The van der Waals surface area contributed by atoms with E-state index in [1.54, 1.807) is 6.07 Å². The maximum Gasteiger partial charge on any atom is 0.166 e. The zero-order valence-corrected chi connectivity index (χ0v) is 9.82. The fourth-order valence-electron chi connectivity index (χ4n) is 2.12. The van der Waals surface area contributed by atoms with Gasteiger partial charge < -0.3 is 10.6 Å². The Labute approximate surface area is 101 Å². The van der Waals surface area contributed by atoms with Gasteiger partial charge in [0, 0.05) is 6.54 Å². The molecule has 0 saturated carbocycles. The number of hydrogen-bond acceptors (Lipinski definition) is 5. The zero-order valence-electron chi connectivity index (χ0n) is 9.82. The molecule has 1 aromatic rings. The predicted molar refractivity (Wildman–Crippen MR) is 65.4 cm³/mol. The van der Waals surface area contributed by atoms with Crippen molar-refractivity contribution in [2.75, 3.05) is 25.0 Å². The third-order valence-electron chi connectivity index (χ3n) is 3.09. The van der Waals surface area contributed by atoms with Crippen molar-refractivity contribution < 1.29 is 0 Å². The first-order valence-electron chi connectivity index (χ1n) is 6.06. The van der Waals surface area contributed by atoms with E-state index in [1.165, 1.54) is 19.0 Å². The lowest BCUT2D eigenvalue weighted by Crippen LogP contribution is -2.30. The summed E-state index contributed by atoms with van der Waals surface area (Å²) in [5.74, 6) is 1.33. The minimum atomic E-state index is 0.557. The van der Waals surface area contributed by atoms with E-state index in [1.807, 2.05) is 0 Å². The molecular formula is C12H17N5. The van der Waals surface area contributed by atoms with E-state index in [0.717, 1.165) is 32.0 Å². The molecule has 1 atom stereocenters. The van der Waals surface area contributed by atoms with Crippen LogP contribution in [0.4, 0.5) is 5.82 Å². The van der Waals surface area contributed by atoms with Crippen LogP contribution in [0.3, 0.4) is 0 Å². The van der Waals surface area contributed by atoms with Gasteiger partial charge in [-0.25, -0.2) is 0 Å². The largest absolute Gasteiger partial charge is 0.367 e. The summed E-state index contributed by atoms with van der Waals surface area (Å²) in [6, 6.07) is 3.78. The predicted octanol–water partition coefficient (Wildman–Crippen LogP) is 1.15. The minimum absolute atomic E-state index is 0.557. The molecule has 1 unspecified atom stereocenters. The molecule has 1 aliphatic heterocycles. The van der Waals surface area contributed by atoms with Gasteiger partial charge in [-0.2, -0.15) is 10.4 Å². The number of nitriles is 1. The van der Waals surface area contributed by atoms with E-state index >= 15 is 0 Å². The fourth-order valence-corrected chi connectivity index (χ4v) is 2.12. The lowest BCUT2D eigenvalue weighted by molar-refractivity contribution is 0.364. The van der Waals surface area contributed by atoms with Gasteiger partial charge in [0.1, 0.15) is 6.07 Å². The van der Waals surface area contributed by atoms with Gasteiger partial charge in [0.05, 0.1) is 11.8 Å². The summed E-state index contributed by atoms with van der Waals surface area (Å²) >= 11 is 0. The first-order valence-corrected chi connectivity index (χ1v) is 6.06. The van der Waals surface area contributed by atoms with Crippen LogP contribution in [0.15, 0.2) is 12.3 Å². The van der Waals surface area contributed by atoms with E-state index in [-0.39, 0.29) is 0 Å². The molecule has 5 nitrogen and oxygen atoms in total. The fraction of sp³-hybridized carbons (Fsp3) is 0.583. The van der Waals surface area contributed by atoms with Gasteiger partial charge in [0.25, 0.3) is 0 Å². The standard InChI is InChI=1S/C12H17N5/c13-8-11-4-7-16-17-12(11)15-6-3-10-2-1-5-14-9-10/h4,7,10,14H,1-3,5-6,9H2,(H,15,17). The Bertz CT molecular complexity index is 392. The Morgan fingerprint density at radius 1 is 1.59 bits per heavy atom. The van der Waals surface area contributed by atoms with Crippen molar-refractivity contribution >= 4 is 5.82 Å². The molecule has 2 heterocycles. The van der Waals surface area contributed by atoms with Crippen molar-refractivity contribution in [3.8, 4) is 6.07 Å². The maximum atomic E-state index is 8.90. The van der Waals surface area contributed by atoms with Crippen molar-refractivity contribution in [2.45, 2.75) is 19.3 Å². The Morgan fingerprint density at radius 2 is 2.53 bits per heavy atom. The molecule has 0 radical (unpaired) electrons. The molecule has 1 saturated heterocycles. The summed E-state index contributed by atoms with van der Waals surface area (Å²) in [5.41, 5.74) is 0.557. The number of hydrogen-bond donors (Lipinski definition) is 2. The lowest BCUT2D eigenvalue weighted by Gasteiger charge is -2.22. The Kier molecular flexibility index (Phi) is 4.28. The zero-order chi connectivity index (χ0) is 11.9. The van der Waals surface area contributed by atoms with Gasteiger partial charge in [-0.1, -0.05) is 0 Å². The van der Waals surface area contributed by atoms with Gasteiger partial charge in [0.15, 0.2) is 5.82 Å². The monoisotopic (exact) mass is 231 g/mol. The second-order valence-electron chi connectivity index (χ2n) is 4.33. The smallest absolute Gasteiger partial charge is 0.166 e.